The second-order valence-electron chi connectivity index (χ2n) is 9.49. The monoisotopic (exact) mass is 581 g/mol. The molecule has 0 spiro atoms. The molecule has 0 saturated carbocycles. The fourth-order valence-corrected chi connectivity index (χ4v) is 4.18. The molecule has 0 aliphatic rings. The number of carboxylic acids is 1. The van der Waals surface area contributed by atoms with E-state index < -0.39 is 5.97 Å². The summed E-state index contributed by atoms with van der Waals surface area (Å²) in [5.41, 5.74) is 15.1. The molecular formula is C27H35N9O6. The van der Waals surface area contributed by atoms with Gasteiger partial charge in [0.05, 0.1) is 25.2 Å². The number of carbonyl (C=O) groups excluding carboxylic acids is 1. The van der Waals surface area contributed by atoms with Gasteiger partial charge in [0.15, 0.2) is 11.2 Å². The van der Waals surface area contributed by atoms with E-state index in [-0.39, 0.29) is 18.5 Å². The molecule has 3 heterocycles. The van der Waals surface area contributed by atoms with E-state index in [2.05, 4.69) is 20.3 Å². The number of hydrogen-bond acceptors (Lipinski definition) is 12. The number of aromatic nitrogens is 5. The molecule has 15 nitrogen and oxygen atoms in total. The number of amides is 1. The van der Waals surface area contributed by atoms with Crippen LogP contribution in [0, 0.1) is 0 Å². The molecule has 0 fully saturated rings. The van der Waals surface area contributed by atoms with Crippen molar-refractivity contribution in [1.29, 1.82) is 0 Å². The first kappa shape index (κ1) is 30.4. The first-order chi connectivity index (χ1) is 20.3. The van der Waals surface area contributed by atoms with Crippen LogP contribution in [0.2, 0.25) is 0 Å². The maximum Gasteiger partial charge on any atom is 0.328 e. The van der Waals surface area contributed by atoms with E-state index in [0.717, 1.165) is 24.5 Å². The molecule has 0 aliphatic carbocycles. The average molecular weight is 582 g/mol. The lowest BCUT2D eigenvalue weighted by Crippen LogP contribution is -2.29. The largest absolute Gasteiger partial charge is 0.478 e. The fraction of sp³-hybridized carbons (Fsp3) is 0.407. The second-order valence-corrected chi connectivity index (χ2v) is 9.49. The molecule has 1 amide bonds. The zero-order chi connectivity index (χ0) is 29.9. The summed E-state index contributed by atoms with van der Waals surface area (Å²) in [5.74, 6) is -0.835. The molecule has 3 aromatic heterocycles. The minimum atomic E-state index is -0.967. The number of hydrogen-bond donors (Lipinski definition) is 4. The van der Waals surface area contributed by atoms with Gasteiger partial charge in [-0.1, -0.05) is 6.08 Å². The van der Waals surface area contributed by atoms with Gasteiger partial charge in [0, 0.05) is 37.8 Å². The number of carboxylic acid groups (broad SMARTS) is 1. The van der Waals surface area contributed by atoms with Crippen LogP contribution in [0.5, 0.6) is 0 Å². The van der Waals surface area contributed by atoms with Crippen molar-refractivity contribution in [3.05, 3.63) is 36.7 Å². The van der Waals surface area contributed by atoms with Crippen LogP contribution in [-0.4, -0.2) is 99.7 Å². The van der Waals surface area contributed by atoms with Crippen molar-refractivity contribution in [2.45, 2.75) is 19.4 Å². The standard InChI is InChI=1S/C27H35N9O6/c1-35(9-4-5-22(38)39)11-12-40-13-14-41-16-21(37)30-8-2-3-10-36-26-23(25(28)31-17-32-26)24(34-36)18-6-7-20-19(15-18)33-27(29)42-20/h4-7,15,17H,2-3,8-14,16H2,1H3,(H2,29,33)(H,30,37)(H,38,39)(H2,28,31,32)/b5-4+. The molecule has 15 heteroatoms. The Hall–Kier alpha value is -4.60. The fourth-order valence-electron chi connectivity index (χ4n) is 4.18. The highest BCUT2D eigenvalue weighted by molar-refractivity contribution is 5.99. The Kier molecular flexibility index (Phi) is 10.7. The van der Waals surface area contributed by atoms with Crippen molar-refractivity contribution in [2.75, 3.05) is 64.6 Å². The number of nitrogens with zero attached hydrogens (tertiary/aromatic N) is 6. The number of fused-ring (bicyclic) bond motifs is 2. The molecule has 0 unspecified atom stereocenters. The molecule has 0 radical (unpaired) electrons. The van der Waals surface area contributed by atoms with Crippen LogP contribution >= 0.6 is 0 Å². The third-order valence-electron chi connectivity index (χ3n) is 6.26. The highest BCUT2D eigenvalue weighted by Crippen LogP contribution is 2.32. The van der Waals surface area contributed by atoms with Crippen molar-refractivity contribution < 1.29 is 28.6 Å². The van der Waals surface area contributed by atoms with Crippen molar-refractivity contribution in [1.82, 2.24) is 34.9 Å². The van der Waals surface area contributed by atoms with Gasteiger partial charge in [-0.05, 0) is 38.1 Å². The van der Waals surface area contributed by atoms with E-state index in [9.17, 15) is 9.59 Å². The predicted molar refractivity (Wildman–Crippen MR) is 155 cm³/mol. The van der Waals surface area contributed by atoms with Crippen molar-refractivity contribution in [3.63, 3.8) is 0 Å². The SMILES string of the molecule is CN(C/C=C/C(=O)O)CCOCCOCC(=O)NCCCCn1nc(-c2ccc3oc(N)nc3c2)c2c(N)ncnc21. The van der Waals surface area contributed by atoms with E-state index in [1.807, 2.05) is 24.1 Å². The molecule has 6 N–H and O–H groups in total. The van der Waals surface area contributed by atoms with Gasteiger partial charge in [-0.15, -0.1) is 0 Å². The van der Waals surface area contributed by atoms with Gasteiger partial charge in [0.2, 0.25) is 5.91 Å². The van der Waals surface area contributed by atoms with E-state index in [1.165, 1.54) is 6.33 Å². The van der Waals surface area contributed by atoms with Crippen LogP contribution < -0.4 is 16.8 Å². The molecule has 0 saturated heterocycles. The first-order valence-corrected chi connectivity index (χ1v) is 13.5. The molecule has 0 aliphatic heterocycles. The maximum absolute atomic E-state index is 12.1. The zero-order valence-corrected chi connectivity index (χ0v) is 23.4. The van der Waals surface area contributed by atoms with Crippen LogP contribution in [0.25, 0.3) is 33.4 Å². The number of unbranched alkanes of at least 4 members (excludes halogenated alkanes) is 1. The number of anilines is 2. The number of aliphatic carboxylic acids is 1. The van der Waals surface area contributed by atoms with Crippen molar-refractivity contribution >= 4 is 45.8 Å². The lowest BCUT2D eigenvalue weighted by molar-refractivity contribution is -0.131. The molecule has 0 atom stereocenters. The van der Waals surface area contributed by atoms with Gasteiger partial charge in [-0.3, -0.25) is 4.79 Å². The topological polar surface area (TPSA) is 210 Å². The smallest absolute Gasteiger partial charge is 0.328 e. The summed E-state index contributed by atoms with van der Waals surface area (Å²) in [7, 11) is 1.87. The van der Waals surface area contributed by atoms with Gasteiger partial charge < -0.3 is 40.7 Å². The third-order valence-corrected chi connectivity index (χ3v) is 6.26. The number of nitrogens with two attached hydrogens (primary N) is 2. The first-order valence-electron chi connectivity index (χ1n) is 13.5. The predicted octanol–water partition coefficient (Wildman–Crippen LogP) is 1.30. The Bertz CT molecular complexity index is 1530. The second kappa shape index (κ2) is 14.9. The summed E-state index contributed by atoms with van der Waals surface area (Å²) in [6.45, 7) is 3.32. The molecule has 4 aromatic rings. The van der Waals surface area contributed by atoms with Gasteiger partial charge in [0.1, 0.15) is 30.0 Å². The zero-order valence-electron chi connectivity index (χ0n) is 23.4. The normalized spacial score (nSPS) is 11.8. The highest BCUT2D eigenvalue weighted by Gasteiger charge is 2.18. The van der Waals surface area contributed by atoms with E-state index >= 15 is 0 Å². The number of carbonyl (C=O) groups is 2. The number of rotatable bonds is 17. The number of ether oxygens (including phenoxy) is 2. The average Bonchev–Trinajstić information content (AvgIpc) is 3.52. The van der Waals surface area contributed by atoms with Crippen LogP contribution in [0.3, 0.4) is 0 Å². The van der Waals surface area contributed by atoms with Crippen LogP contribution in [0.4, 0.5) is 11.8 Å². The Morgan fingerprint density at radius 3 is 2.83 bits per heavy atom. The van der Waals surface area contributed by atoms with Crippen molar-refractivity contribution in [2.24, 2.45) is 0 Å². The summed E-state index contributed by atoms with van der Waals surface area (Å²) >= 11 is 0. The summed E-state index contributed by atoms with van der Waals surface area (Å²) in [6.07, 6.45) is 5.57. The Morgan fingerprint density at radius 1 is 1.17 bits per heavy atom. The van der Waals surface area contributed by atoms with Crippen LogP contribution in [0.15, 0.2) is 41.1 Å². The Morgan fingerprint density at radius 2 is 2.00 bits per heavy atom. The summed E-state index contributed by atoms with van der Waals surface area (Å²) in [4.78, 5) is 37.2. The molecule has 0 bridgehead atoms. The molecule has 1 aromatic carbocycles. The van der Waals surface area contributed by atoms with E-state index in [1.54, 1.807) is 16.8 Å². The maximum atomic E-state index is 12.1. The van der Waals surface area contributed by atoms with Crippen molar-refractivity contribution in [3.8, 4) is 11.3 Å². The lowest BCUT2D eigenvalue weighted by atomic mass is 10.1. The molecule has 4 rings (SSSR count). The Labute approximate surface area is 241 Å². The van der Waals surface area contributed by atoms with Gasteiger partial charge in [-0.25, -0.2) is 19.4 Å². The number of benzene rings is 1. The van der Waals surface area contributed by atoms with Crippen LogP contribution in [-0.2, 0) is 25.6 Å². The molecular weight excluding hydrogens is 546 g/mol. The lowest BCUT2D eigenvalue weighted by Gasteiger charge is -2.14. The van der Waals surface area contributed by atoms with Gasteiger partial charge in [0.25, 0.3) is 6.01 Å². The number of nitrogens with one attached hydrogen (secondary N) is 1. The quantitative estimate of drug-likeness (QED) is 0.102. The number of nitrogen functional groups attached to an aromatic ring is 2. The number of oxazole rings is 1. The minimum absolute atomic E-state index is 0.0475. The summed E-state index contributed by atoms with van der Waals surface area (Å²) in [6, 6.07) is 5.57. The minimum Gasteiger partial charge on any atom is -0.478 e. The Balaban J connectivity index is 1.15. The van der Waals surface area contributed by atoms with Gasteiger partial charge in [-0.2, -0.15) is 10.1 Å². The third kappa shape index (κ3) is 8.45. The molecule has 42 heavy (non-hydrogen) atoms. The number of aryl methyl sites for hydroxylation is 1. The summed E-state index contributed by atoms with van der Waals surface area (Å²) in [5, 5.41) is 16.9. The number of likely N-dealkylation sites (N-methyl/N-ethyl adjacent to an activating group) is 1. The van der Waals surface area contributed by atoms with Crippen LogP contribution in [0.1, 0.15) is 12.8 Å². The highest BCUT2D eigenvalue weighted by atomic mass is 16.5. The molecule has 224 valence electrons. The van der Waals surface area contributed by atoms with E-state index in [0.29, 0.717) is 79.6 Å². The van der Waals surface area contributed by atoms with Gasteiger partial charge >= 0.3 is 5.97 Å². The summed E-state index contributed by atoms with van der Waals surface area (Å²) < 4.78 is 18.0. The van der Waals surface area contributed by atoms with E-state index in [4.69, 9.17) is 35.6 Å².